The number of unbranched alkanes of at least 4 members (excludes halogenated alkanes) is 1. The number of rotatable bonds is 7. The van der Waals surface area contributed by atoms with E-state index in [1.165, 1.54) is 11.3 Å². The van der Waals surface area contributed by atoms with Gasteiger partial charge in [-0.05, 0) is 49.6 Å². The van der Waals surface area contributed by atoms with Crippen LogP contribution in [-0.2, 0) is 6.42 Å². The van der Waals surface area contributed by atoms with Gasteiger partial charge in [0.1, 0.15) is 0 Å². The predicted octanol–water partition coefficient (Wildman–Crippen LogP) is 3.01. The molecule has 0 spiro atoms. The molecule has 0 amide bonds. The van der Waals surface area contributed by atoms with Crippen LogP contribution in [0.1, 0.15) is 49.0 Å². The number of Topliss-reactive ketones (excluding diaryl/α,β-unsaturated/α-hetero) is 1. The summed E-state index contributed by atoms with van der Waals surface area (Å²) in [5.41, 5.74) is 3.30. The fourth-order valence-electron chi connectivity index (χ4n) is 2.53. The van der Waals surface area contributed by atoms with Crippen LogP contribution in [0, 0.1) is 0 Å². The number of fused-ring (bicyclic) bond motifs is 1. The lowest BCUT2D eigenvalue weighted by molar-refractivity contribution is 0.0940. The molecule has 104 valence electrons. The van der Waals surface area contributed by atoms with Crippen LogP contribution in [0.25, 0.3) is 0 Å². The quantitative estimate of drug-likeness (QED) is 0.585. The first-order chi connectivity index (χ1) is 9.26. The normalized spacial score (nSPS) is 14.8. The first kappa shape index (κ1) is 14.1. The predicted molar refractivity (Wildman–Crippen MR) is 80.0 cm³/mol. The highest BCUT2D eigenvalue weighted by atomic mass is 16.1. The third-order valence-electron chi connectivity index (χ3n) is 3.75. The van der Waals surface area contributed by atoms with Crippen LogP contribution in [0.4, 0.5) is 5.69 Å². The average Bonchev–Trinajstić information content (AvgIpc) is 2.90. The van der Waals surface area contributed by atoms with E-state index >= 15 is 0 Å². The molecule has 1 aromatic carbocycles. The molecule has 19 heavy (non-hydrogen) atoms. The van der Waals surface area contributed by atoms with Gasteiger partial charge in [0.2, 0.25) is 0 Å². The summed E-state index contributed by atoms with van der Waals surface area (Å²) >= 11 is 0. The van der Waals surface area contributed by atoms with Crippen molar-refractivity contribution in [3.8, 4) is 0 Å². The zero-order valence-electron chi connectivity index (χ0n) is 12.0. The van der Waals surface area contributed by atoms with Crippen LogP contribution in [0.15, 0.2) is 18.2 Å². The highest BCUT2D eigenvalue weighted by Crippen LogP contribution is 2.23. The molecule has 1 atom stereocenters. The van der Waals surface area contributed by atoms with Gasteiger partial charge >= 0.3 is 0 Å². The summed E-state index contributed by atoms with van der Waals surface area (Å²) in [6, 6.07) is 6.00. The molecule has 0 fully saturated rings. The van der Waals surface area contributed by atoms with Gasteiger partial charge in [-0.3, -0.25) is 4.79 Å². The van der Waals surface area contributed by atoms with Crippen LogP contribution < -0.4 is 10.6 Å². The van der Waals surface area contributed by atoms with Gasteiger partial charge in [-0.25, -0.2) is 0 Å². The van der Waals surface area contributed by atoms with E-state index in [-0.39, 0.29) is 11.8 Å². The smallest absolute Gasteiger partial charge is 0.179 e. The molecule has 3 heteroatoms. The summed E-state index contributed by atoms with van der Waals surface area (Å²) in [5, 5.41) is 6.70. The van der Waals surface area contributed by atoms with Gasteiger partial charge in [-0.2, -0.15) is 0 Å². The molecule has 3 nitrogen and oxygen atoms in total. The Morgan fingerprint density at radius 3 is 3.00 bits per heavy atom. The van der Waals surface area contributed by atoms with Crippen molar-refractivity contribution in [3.05, 3.63) is 29.3 Å². The highest BCUT2D eigenvalue weighted by molar-refractivity contribution is 6.00. The van der Waals surface area contributed by atoms with Gasteiger partial charge in [0.05, 0.1) is 6.04 Å². The number of carbonyl (C=O) groups excluding carboxylic acids is 1. The second kappa shape index (κ2) is 6.71. The zero-order valence-corrected chi connectivity index (χ0v) is 12.0. The summed E-state index contributed by atoms with van der Waals surface area (Å²) in [7, 11) is 0. The minimum atomic E-state index is -0.0426. The molecule has 0 bridgehead atoms. The van der Waals surface area contributed by atoms with Crippen molar-refractivity contribution < 1.29 is 4.79 Å². The van der Waals surface area contributed by atoms with E-state index in [1.54, 1.807) is 0 Å². The van der Waals surface area contributed by atoms with Gasteiger partial charge in [0, 0.05) is 17.8 Å². The summed E-state index contributed by atoms with van der Waals surface area (Å²) in [4.78, 5) is 12.5. The van der Waals surface area contributed by atoms with Gasteiger partial charge in [0.15, 0.2) is 5.78 Å². The molecule has 0 radical (unpaired) electrons. The Morgan fingerprint density at radius 1 is 1.42 bits per heavy atom. The molecule has 1 unspecified atom stereocenters. The van der Waals surface area contributed by atoms with Crippen molar-refractivity contribution in [2.75, 3.05) is 18.4 Å². The molecular weight excluding hydrogens is 236 g/mol. The number of benzene rings is 1. The average molecular weight is 260 g/mol. The first-order valence-electron chi connectivity index (χ1n) is 7.40. The summed E-state index contributed by atoms with van der Waals surface area (Å²) < 4.78 is 0. The Hall–Kier alpha value is -1.35. The fraction of sp³-hybridized carbons (Fsp3) is 0.562. The van der Waals surface area contributed by atoms with Crippen molar-refractivity contribution in [1.82, 2.24) is 5.32 Å². The third kappa shape index (κ3) is 3.35. The molecule has 0 saturated heterocycles. The topological polar surface area (TPSA) is 41.1 Å². The Labute approximate surface area is 115 Å². The standard InChI is InChI=1S/C16H24N2O/c1-3-5-9-17-14(4-2)16(19)13-6-7-15-12(11-13)8-10-18-15/h6-7,11,14,17-18H,3-5,8-10H2,1-2H3. The van der Waals surface area contributed by atoms with Crippen LogP contribution in [-0.4, -0.2) is 24.9 Å². The summed E-state index contributed by atoms with van der Waals surface area (Å²) in [6.07, 6.45) is 4.15. The van der Waals surface area contributed by atoms with Crippen molar-refractivity contribution in [2.24, 2.45) is 0 Å². The zero-order chi connectivity index (χ0) is 13.7. The Balaban J connectivity index is 2.04. The molecule has 1 heterocycles. The molecule has 1 aromatic rings. The summed E-state index contributed by atoms with van der Waals surface area (Å²) in [6.45, 7) is 6.14. The van der Waals surface area contributed by atoms with Crippen LogP contribution >= 0.6 is 0 Å². The van der Waals surface area contributed by atoms with Gasteiger partial charge < -0.3 is 10.6 Å². The van der Waals surface area contributed by atoms with E-state index in [2.05, 4.69) is 30.5 Å². The Bertz CT molecular complexity index is 442. The van der Waals surface area contributed by atoms with Crippen LogP contribution in [0.5, 0.6) is 0 Å². The maximum absolute atomic E-state index is 12.5. The lowest BCUT2D eigenvalue weighted by Gasteiger charge is -2.16. The molecule has 2 rings (SSSR count). The monoisotopic (exact) mass is 260 g/mol. The maximum atomic E-state index is 12.5. The molecule has 1 aliphatic rings. The number of ketones is 1. The number of carbonyl (C=O) groups is 1. The van der Waals surface area contributed by atoms with E-state index in [4.69, 9.17) is 0 Å². The lowest BCUT2D eigenvalue weighted by atomic mass is 9.99. The minimum Gasteiger partial charge on any atom is -0.384 e. The highest BCUT2D eigenvalue weighted by Gasteiger charge is 2.19. The van der Waals surface area contributed by atoms with Gasteiger partial charge in [-0.15, -0.1) is 0 Å². The van der Waals surface area contributed by atoms with E-state index in [0.717, 1.165) is 44.3 Å². The maximum Gasteiger partial charge on any atom is 0.179 e. The van der Waals surface area contributed by atoms with Crippen molar-refractivity contribution in [3.63, 3.8) is 0 Å². The molecule has 1 aliphatic heterocycles. The van der Waals surface area contributed by atoms with E-state index in [9.17, 15) is 4.79 Å². The number of anilines is 1. The fourth-order valence-corrected chi connectivity index (χ4v) is 2.53. The van der Waals surface area contributed by atoms with Crippen molar-refractivity contribution >= 4 is 11.5 Å². The van der Waals surface area contributed by atoms with Gasteiger partial charge in [-0.1, -0.05) is 20.3 Å². The van der Waals surface area contributed by atoms with Crippen molar-refractivity contribution in [2.45, 2.75) is 45.6 Å². The number of hydrogen-bond acceptors (Lipinski definition) is 3. The van der Waals surface area contributed by atoms with Crippen molar-refractivity contribution in [1.29, 1.82) is 0 Å². The first-order valence-corrected chi connectivity index (χ1v) is 7.40. The molecule has 2 N–H and O–H groups in total. The second-order valence-corrected chi connectivity index (χ2v) is 5.18. The largest absolute Gasteiger partial charge is 0.384 e. The Kier molecular flexibility index (Phi) is 4.97. The minimum absolute atomic E-state index is 0.0426. The molecule has 0 aromatic heterocycles. The molecular formula is C16H24N2O. The third-order valence-corrected chi connectivity index (χ3v) is 3.75. The van der Waals surface area contributed by atoms with Crippen LogP contribution in [0.2, 0.25) is 0 Å². The second-order valence-electron chi connectivity index (χ2n) is 5.18. The summed E-state index contributed by atoms with van der Waals surface area (Å²) in [5.74, 6) is 0.230. The molecule has 0 saturated carbocycles. The van der Waals surface area contributed by atoms with E-state index in [0.29, 0.717) is 0 Å². The number of nitrogens with one attached hydrogen (secondary N) is 2. The SMILES string of the molecule is CCCCNC(CC)C(=O)c1ccc2c(c1)CCN2. The molecule has 0 aliphatic carbocycles. The lowest BCUT2D eigenvalue weighted by Crippen LogP contribution is -2.36. The van der Waals surface area contributed by atoms with E-state index < -0.39 is 0 Å². The van der Waals surface area contributed by atoms with Crippen LogP contribution in [0.3, 0.4) is 0 Å². The van der Waals surface area contributed by atoms with E-state index in [1.807, 2.05) is 12.1 Å². The Morgan fingerprint density at radius 2 is 2.26 bits per heavy atom. The van der Waals surface area contributed by atoms with Gasteiger partial charge in [0.25, 0.3) is 0 Å². The number of hydrogen-bond donors (Lipinski definition) is 2.